The van der Waals surface area contributed by atoms with E-state index >= 15 is 0 Å². The summed E-state index contributed by atoms with van der Waals surface area (Å²) in [5.41, 5.74) is 7.61. The van der Waals surface area contributed by atoms with Gasteiger partial charge in [-0.25, -0.2) is 0 Å². The second-order valence-electron chi connectivity index (χ2n) is 4.90. The zero-order valence-electron chi connectivity index (χ0n) is 12.2. The van der Waals surface area contributed by atoms with E-state index < -0.39 is 0 Å². The molecule has 0 amide bonds. The number of nitrogen functional groups attached to an aromatic ring is 1. The highest BCUT2D eigenvalue weighted by molar-refractivity contribution is 5.61. The van der Waals surface area contributed by atoms with Crippen molar-refractivity contribution in [1.29, 1.82) is 0 Å². The Morgan fingerprint density at radius 2 is 2.00 bits per heavy atom. The first kappa shape index (κ1) is 15.6. The van der Waals surface area contributed by atoms with E-state index in [0.717, 1.165) is 37.4 Å². The van der Waals surface area contributed by atoms with E-state index in [1.165, 1.54) is 6.42 Å². The second kappa shape index (κ2) is 8.64. The first-order valence-corrected chi connectivity index (χ1v) is 6.92. The molecule has 0 saturated carbocycles. The molecule has 0 atom stereocenters. The summed E-state index contributed by atoms with van der Waals surface area (Å²) in [5.74, 6) is 0.749. The van der Waals surface area contributed by atoms with Crippen molar-refractivity contribution in [3.63, 3.8) is 0 Å². The third-order valence-electron chi connectivity index (χ3n) is 2.73. The lowest BCUT2D eigenvalue weighted by Gasteiger charge is -2.14. The van der Waals surface area contributed by atoms with E-state index in [0.29, 0.717) is 5.69 Å². The molecule has 0 aliphatic rings. The van der Waals surface area contributed by atoms with Crippen LogP contribution in [-0.4, -0.2) is 26.4 Å². The minimum atomic E-state index is 0.131. The quantitative estimate of drug-likeness (QED) is 0.532. The number of benzene rings is 1. The number of methoxy groups -OCH3 is 1. The SMILES string of the molecule is COCCCCCNc1ccc(N)c(OC(C)C)c1. The van der Waals surface area contributed by atoms with Crippen molar-refractivity contribution in [1.82, 2.24) is 0 Å². The van der Waals surface area contributed by atoms with E-state index in [4.69, 9.17) is 15.2 Å². The van der Waals surface area contributed by atoms with Crippen LogP contribution >= 0.6 is 0 Å². The van der Waals surface area contributed by atoms with Crippen LogP contribution in [0.15, 0.2) is 18.2 Å². The highest BCUT2D eigenvalue weighted by Crippen LogP contribution is 2.26. The number of hydrogen-bond acceptors (Lipinski definition) is 4. The van der Waals surface area contributed by atoms with Gasteiger partial charge in [0.2, 0.25) is 0 Å². The molecule has 0 saturated heterocycles. The monoisotopic (exact) mass is 266 g/mol. The first-order valence-electron chi connectivity index (χ1n) is 6.92. The molecule has 0 aliphatic heterocycles. The molecule has 0 fully saturated rings. The van der Waals surface area contributed by atoms with Crippen molar-refractivity contribution in [3.05, 3.63) is 18.2 Å². The summed E-state index contributed by atoms with van der Waals surface area (Å²) in [5, 5.41) is 3.39. The molecular weight excluding hydrogens is 240 g/mol. The lowest BCUT2D eigenvalue weighted by molar-refractivity contribution is 0.192. The Morgan fingerprint density at radius 1 is 1.21 bits per heavy atom. The predicted octanol–water partition coefficient (Wildman–Crippen LogP) is 3.28. The van der Waals surface area contributed by atoms with Gasteiger partial charge < -0.3 is 20.5 Å². The van der Waals surface area contributed by atoms with E-state index in [-0.39, 0.29) is 6.10 Å². The molecule has 1 aromatic rings. The molecule has 0 bridgehead atoms. The third-order valence-corrected chi connectivity index (χ3v) is 2.73. The maximum Gasteiger partial charge on any atom is 0.144 e. The first-order chi connectivity index (χ1) is 9.13. The lowest BCUT2D eigenvalue weighted by Crippen LogP contribution is -2.08. The van der Waals surface area contributed by atoms with E-state index in [1.807, 2.05) is 32.0 Å². The van der Waals surface area contributed by atoms with Gasteiger partial charge in [-0.2, -0.15) is 0 Å². The van der Waals surface area contributed by atoms with Crippen LogP contribution in [0, 0.1) is 0 Å². The van der Waals surface area contributed by atoms with Crippen molar-refractivity contribution >= 4 is 11.4 Å². The second-order valence-corrected chi connectivity index (χ2v) is 4.90. The molecule has 108 valence electrons. The van der Waals surface area contributed by atoms with Crippen molar-refractivity contribution in [3.8, 4) is 5.75 Å². The fourth-order valence-corrected chi connectivity index (χ4v) is 1.78. The van der Waals surface area contributed by atoms with Crippen LogP contribution in [0.1, 0.15) is 33.1 Å². The highest BCUT2D eigenvalue weighted by atomic mass is 16.5. The molecule has 4 nitrogen and oxygen atoms in total. The molecule has 1 rings (SSSR count). The Labute approximate surface area is 116 Å². The maximum absolute atomic E-state index is 5.88. The van der Waals surface area contributed by atoms with Crippen LogP contribution in [-0.2, 0) is 4.74 Å². The summed E-state index contributed by atoms with van der Waals surface area (Å²) in [6.45, 7) is 5.79. The van der Waals surface area contributed by atoms with Gasteiger partial charge >= 0.3 is 0 Å². The Bertz CT molecular complexity index is 367. The van der Waals surface area contributed by atoms with Crippen molar-refractivity contribution < 1.29 is 9.47 Å². The van der Waals surface area contributed by atoms with Gasteiger partial charge in [0.1, 0.15) is 5.75 Å². The number of hydrogen-bond donors (Lipinski definition) is 2. The van der Waals surface area contributed by atoms with Gasteiger partial charge in [0, 0.05) is 32.0 Å². The Kier molecular flexibility index (Phi) is 7.11. The number of nitrogens with one attached hydrogen (secondary N) is 1. The number of anilines is 2. The Morgan fingerprint density at radius 3 is 2.68 bits per heavy atom. The molecule has 3 N–H and O–H groups in total. The van der Waals surface area contributed by atoms with Gasteiger partial charge in [0.25, 0.3) is 0 Å². The summed E-state index contributed by atoms with van der Waals surface area (Å²) in [7, 11) is 1.74. The Balaban J connectivity index is 2.37. The average Bonchev–Trinajstić information content (AvgIpc) is 2.37. The van der Waals surface area contributed by atoms with Gasteiger partial charge in [0.05, 0.1) is 11.8 Å². The largest absolute Gasteiger partial charge is 0.489 e. The number of unbranched alkanes of at least 4 members (excludes halogenated alkanes) is 2. The Hall–Kier alpha value is -1.42. The zero-order valence-corrected chi connectivity index (χ0v) is 12.2. The standard InChI is InChI=1S/C15H26N2O2/c1-12(2)19-15-11-13(7-8-14(15)16)17-9-5-4-6-10-18-3/h7-8,11-12,17H,4-6,9-10,16H2,1-3H3. The molecule has 0 aliphatic carbocycles. The zero-order chi connectivity index (χ0) is 14.1. The minimum absolute atomic E-state index is 0.131. The fourth-order valence-electron chi connectivity index (χ4n) is 1.78. The van der Waals surface area contributed by atoms with Crippen molar-refractivity contribution in [2.75, 3.05) is 31.3 Å². The predicted molar refractivity (Wildman–Crippen MR) is 80.8 cm³/mol. The van der Waals surface area contributed by atoms with Crippen LogP contribution in [0.5, 0.6) is 5.75 Å². The van der Waals surface area contributed by atoms with Gasteiger partial charge in [0.15, 0.2) is 0 Å². The average molecular weight is 266 g/mol. The summed E-state index contributed by atoms with van der Waals surface area (Å²) in [6.07, 6.45) is 3.55. The molecule has 1 aromatic carbocycles. The summed E-state index contributed by atoms with van der Waals surface area (Å²) in [6, 6.07) is 5.83. The summed E-state index contributed by atoms with van der Waals surface area (Å²) >= 11 is 0. The molecule has 19 heavy (non-hydrogen) atoms. The van der Waals surface area contributed by atoms with E-state index in [1.54, 1.807) is 7.11 Å². The topological polar surface area (TPSA) is 56.5 Å². The molecule has 0 unspecified atom stereocenters. The molecule has 0 aromatic heterocycles. The smallest absolute Gasteiger partial charge is 0.144 e. The molecule has 0 radical (unpaired) electrons. The van der Waals surface area contributed by atoms with Crippen LogP contribution in [0.25, 0.3) is 0 Å². The minimum Gasteiger partial charge on any atom is -0.489 e. The highest BCUT2D eigenvalue weighted by Gasteiger charge is 2.04. The fraction of sp³-hybridized carbons (Fsp3) is 0.600. The van der Waals surface area contributed by atoms with Crippen molar-refractivity contribution in [2.24, 2.45) is 0 Å². The van der Waals surface area contributed by atoms with E-state index in [9.17, 15) is 0 Å². The van der Waals surface area contributed by atoms with Crippen LogP contribution in [0.4, 0.5) is 11.4 Å². The van der Waals surface area contributed by atoms with Crippen LogP contribution in [0.3, 0.4) is 0 Å². The van der Waals surface area contributed by atoms with Crippen LogP contribution < -0.4 is 15.8 Å². The summed E-state index contributed by atoms with van der Waals surface area (Å²) in [4.78, 5) is 0. The van der Waals surface area contributed by atoms with Crippen LogP contribution in [0.2, 0.25) is 0 Å². The normalized spacial score (nSPS) is 10.7. The summed E-state index contributed by atoms with van der Waals surface area (Å²) < 4.78 is 10.7. The van der Waals surface area contributed by atoms with Gasteiger partial charge in [-0.05, 0) is 45.2 Å². The molecule has 0 heterocycles. The molecular formula is C15H26N2O2. The van der Waals surface area contributed by atoms with Gasteiger partial charge in [-0.15, -0.1) is 0 Å². The third kappa shape index (κ3) is 6.34. The molecule has 4 heteroatoms. The molecule has 0 spiro atoms. The maximum atomic E-state index is 5.88. The van der Waals surface area contributed by atoms with E-state index in [2.05, 4.69) is 5.32 Å². The lowest BCUT2D eigenvalue weighted by atomic mass is 10.2. The van der Waals surface area contributed by atoms with Gasteiger partial charge in [-0.1, -0.05) is 0 Å². The number of rotatable bonds is 9. The van der Waals surface area contributed by atoms with Gasteiger partial charge in [-0.3, -0.25) is 0 Å². The number of ether oxygens (including phenoxy) is 2. The number of nitrogens with two attached hydrogens (primary N) is 1. The van der Waals surface area contributed by atoms with Crippen molar-refractivity contribution in [2.45, 2.75) is 39.2 Å².